The molecular weight excluding hydrogens is 323 g/mol. The van der Waals surface area contributed by atoms with Crippen molar-refractivity contribution in [2.75, 3.05) is 0 Å². The zero-order chi connectivity index (χ0) is 17.9. The van der Waals surface area contributed by atoms with Crippen LogP contribution in [0.4, 0.5) is 11.4 Å². The van der Waals surface area contributed by atoms with Crippen molar-refractivity contribution in [3.63, 3.8) is 0 Å². The summed E-state index contributed by atoms with van der Waals surface area (Å²) in [5.41, 5.74) is -1.67. The fourth-order valence-electron chi connectivity index (χ4n) is 1.86. The van der Waals surface area contributed by atoms with Gasteiger partial charge in [0, 0.05) is 18.2 Å². The van der Waals surface area contributed by atoms with Gasteiger partial charge < -0.3 is 14.8 Å². The number of para-hydroxylation sites is 2. The number of esters is 1. The van der Waals surface area contributed by atoms with Gasteiger partial charge in [0.15, 0.2) is 0 Å². The number of carbonyl (C=O) groups is 1. The number of nitrogens with zero attached hydrogens (tertiary/aromatic N) is 2. The second-order valence-electron chi connectivity index (χ2n) is 4.56. The van der Waals surface area contributed by atoms with Crippen molar-refractivity contribution in [3.8, 4) is 5.75 Å². The SMILES string of the molecule is O=C(Oc1ccccc1[N+](=O)[O-])c1cc(B(O)O)cc([N+](=O)[O-])c1. The monoisotopic (exact) mass is 332 g/mol. The summed E-state index contributed by atoms with van der Waals surface area (Å²) in [6.45, 7) is 0. The Balaban J connectivity index is 2.40. The van der Waals surface area contributed by atoms with Gasteiger partial charge in [0.25, 0.3) is 5.69 Å². The first-order valence-corrected chi connectivity index (χ1v) is 6.40. The highest BCUT2D eigenvalue weighted by Gasteiger charge is 2.23. The van der Waals surface area contributed by atoms with E-state index in [2.05, 4.69) is 0 Å². The van der Waals surface area contributed by atoms with Gasteiger partial charge in [0.1, 0.15) is 0 Å². The van der Waals surface area contributed by atoms with Crippen LogP contribution in [0.2, 0.25) is 0 Å². The number of non-ortho nitro benzene ring substituents is 1. The third-order valence-corrected chi connectivity index (χ3v) is 2.95. The summed E-state index contributed by atoms with van der Waals surface area (Å²) >= 11 is 0. The van der Waals surface area contributed by atoms with Gasteiger partial charge in [-0.3, -0.25) is 20.2 Å². The van der Waals surface area contributed by atoms with Gasteiger partial charge in [0.05, 0.1) is 15.4 Å². The molecule has 0 aliphatic carbocycles. The molecule has 11 heteroatoms. The largest absolute Gasteiger partial charge is 0.488 e. The third kappa shape index (κ3) is 3.71. The molecule has 2 rings (SSSR count). The van der Waals surface area contributed by atoms with E-state index in [1.807, 2.05) is 0 Å². The van der Waals surface area contributed by atoms with Gasteiger partial charge in [-0.1, -0.05) is 12.1 Å². The highest BCUT2D eigenvalue weighted by Crippen LogP contribution is 2.27. The molecule has 0 radical (unpaired) electrons. The van der Waals surface area contributed by atoms with Crippen LogP contribution in [0, 0.1) is 20.2 Å². The van der Waals surface area contributed by atoms with Crippen molar-refractivity contribution in [1.82, 2.24) is 0 Å². The van der Waals surface area contributed by atoms with Crippen molar-refractivity contribution in [2.45, 2.75) is 0 Å². The van der Waals surface area contributed by atoms with Crippen molar-refractivity contribution in [3.05, 3.63) is 68.3 Å². The first kappa shape index (κ1) is 17.1. The molecule has 0 aromatic heterocycles. The second kappa shape index (κ2) is 6.85. The lowest BCUT2D eigenvalue weighted by atomic mass is 9.79. The van der Waals surface area contributed by atoms with Crippen molar-refractivity contribution < 1.29 is 29.4 Å². The van der Waals surface area contributed by atoms with Crippen molar-refractivity contribution in [1.29, 1.82) is 0 Å². The van der Waals surface area contributed by atoms with Crippen molar-refractivity contribution >= 4 is 29.9 Å². The Labute approximate surface area is 134 Å². The second-order valence-corrected chi connectivity index (χ2v) is 4.56. The molecule has 122 valence electrons. The molecule has 0 spiro atoms. The van der Waals surface area contributed by atoms with Gasteiger partial charge in [-0.15, -0.1) is 0 Å². The molecular formula is C13H9BN2O8. The van der Waals surface area contributed by atoms with E-state index >= 15 is 0 Å². The molecule has 0 unspecified atom stereocenters. The molecule has 0 aliphatic rings. The first-order valence-electron chi connectivity index (χ1n) is 6.40. The highest BCUT2D eigenvalue weighted by atomic mass is 16.6. The maximum absolute atomic E-state index is 12.1. The van der Waals surface area contributed by atoms with Gasteiger partial charge in [-0.25, -0.2) is 4.79 Å². The predicted molar refractivity (Wildman–Crippen MR) is 81.0 cm³/mol. The quantitative estimate of drug-likeness (QED) is 0.262. The predicted octanol–water partition coefficient (Wildman–Crippen LogP) is 0.402. The number of benzene rings is 2. The molecule has 0 atom stereocenters. The Hall–Kier alpha value is -3.31. The van der Waals surface area contributed by atoms with Crippen molar-refractivity contribution in [2.24, 2.45) is 0 Å². The van der Waals surface area contributed by atoms with E-state index in [9.17, 15) is 25.0 Å². The lowest BCUT2D eigenvalue weighted by Gasteiger charge is -2.07. The molecule has 0 saturated heterocycles. The van der Waals surface area contributed by atoms with Gasteiger partial charge in [-0.2, -0.15) is 0 Å². The summed E-state index contributed by atoms with van der Waals surface area (Å²) in [5.74, 6) is -1.46. The molecule has 0 bridgehead atoms. The maximum atomic E-state index is 12.1. The number of nitro benzene ring substituents is 2. The number of nitro groups is 2. The molecule has 0 amide bonds. The number of hydrogen-bond acceptors (Lipinski definition) is 8. The number of ether oxygens (including phenoxy) is 1. The maximum Gasteiger partial charge on any atom is 0.488 e. The van der Waals surface area contributed by atoms with Crippen LogP contribution in [0.3, 0.4) is 0 Å². The van der Waals surface area contributed by atoms with Gasteiger partial charge in [0.2, 0.25) is 5.75 Å². The lowest BCUT2D eigenvalue weighted by molar-refractivity contribution is -0.385. The van der Waals surface area contributed by atoms with Gasteiger partial charge in [-0.05, 0) is 17.6 Å². The molecule has 2 N–H and O–H groups in total. The van der Waals surface area contributed by atoms with Crippen LogP contribution < -0.4 is 10.2 Å². The molecule has 0 aliphatic heterocycles. The zero-order valence-electron chi connectivity index (χ0n) is 11.9. The minimum atomic E-state index is -2.04. The fraction of sp³-hybridized carbons (Fsp3) is 0. The summed E-state index contributed by atoms with van der Waals surface area (Å²) in [6.07, 6.45) is 0. The molecule has 24 heavy (non-hydrogen) atoms. The number of carbonyl (C=O) groups excluding carboxylic acids is 1. The summed E-state index contributed by atoms with van der Waals surface area (Å²) in [5, 5.41) is 40.0. The summed E-state index contributed by atoms with van der Waals surface area (Å²) in [6, 6.07) is 7.83. The molecule has 2 aromatic carbocycles. The minimum absolute atomic E-state index is 0.293. The standard InChI is InChI=1S/C13H9BN2O8/c17-13(24-12-4-2-1-3-11(12)16(22)23)8-5-9(14(18)19)7-10(6-8)15(20)21/h1-7,18-19H. The number of rotatable bonds is 5. The van der Waals surface area contributed by atoms with Crippen LogP contribution in [-0.2, 0) is 0 Å². The highest BCUT2D eigenvalue weighted by molar-refractivity contribution is 6.58. The molecule has 0 fully saturated rings. The normalized spacial score (nSPS) is 10.1. The van der Waals surface area contributed by atoms with Crippen LogP contribution in [0.5, 0.6) is 5.75 Å². The zero-order valence-corrected chi connectivity index (χ0v) is 11.9. The average molecular weight is 332 g/mol. The van der Waals surface area contributed by atoms with E-state index in [0.717, 1.165) is 24.3 Å². The van der Waals surface area contributed by atoms with E-state index in [0.29, 0.717) is 0 Å². The summed E-state index contributed by atoms with van der Waals surface area (Å²) in [7, 11) is -2.04. The Kier molecular flexibility index (Phi) is 4.87. The molecule has 2 aromatic rings. The Morgan fingerprint density at radius 3 is 2.29 bits per heavy atom. The summed E-state index contributed by atoms with van der Waals surface area (Å²) < 4.78 is 4.90. The first-order chi connectivity index (χ1) is 11.3. The van der Waals surface area contributed by atoms with Gasteiger partial charge >= 0.3 is 18.8 Å². The number of hydrogen-bond donors (Lipinski definition) is 2. The Morgan fingerprint density at radius 1 is 1.04 bits per heavy atom. The Morgan fingerprint density at radius 2 is 1.71 bits per heavy atom. The molecule has 0 saturated carbocycles. The van der Waals surface area contributed by atoms with E-state index < -0.39 is 34.3 Å². The van der Waals surface area contributed by atoms with E-state index in [4.69, 9.17) is 14.8 Å². The lowest BCUT2D eigenvalue weighted by Crippen LogP contribution is -2.31. The van der Waals surface area contributed by atoms with Crippen LogP contribution in [0.1, 0.15) is 10.4 Å². The molecule has 0 heterocycles. The van der Waals surface area contributed by atoms with Crippen LogP contribution in [0.15, 0.2) is 42.5 Å². The van der Waals surface area contributed by atoms with Crippen LogP contribution in [-0.4, -0.2) is 33.0 Å². The van der Waals surface area contributed by atoms with Crippen LogP contribution in [0.25, 0.3) is 0 Å². The molecule has 10 nitrogen and oxygen atoms in total. The third-order valence-electron chi connectivity index (χ3n) is 2.95. The van der Waals surface area contributed by atoms with E-state index in [-0.39, 0.29) is 16.8 Å². The topological polar surface area (TPSA) is 153 Å². The van der Waals surface area contributed by atoms with E-state index in [1.54, 1.807) is 0 Å². The summed E-state index contributed by atoms with van der Waals surface area (Å²) in [4.78, 5) is 32.3. The smallest absolute Gasteiger partial charge is 0.423 e. The fourth-order valence-corrected chi connectivity index (χ4v) is 1.86. The minimum Gasteiger partial charge on any atom is -0.423 e. The van der Waals surface area contributed by atoms with E-state index in [1.165, 1.54) is 18.2 Å². The van der Waals surface area contributed by atoms with Crippen LogP contribution >= 0.6 is 0 Å². The Bertz CT molecular complexity index is 823. The average Bonchev–Trinajstić information content (AvgIpc) is 2.54.